The van der Waals surface area contributed by atoms with Crippen LogP contribution in [0.2, 0.25) is 0 Å². The number of imide groups is 2. The lowest BCUT2D eigenvalue weighted by atomic mass is 9.54. The van der Waals surface area contributed by atoms with Gasteiger partial charge in [0.1, 0.15) is 0 Å². The Kier molecular flexibility index (Phi) is 4.18. The molecule has 0 aromatic heterocycles. The predicted octanol–water partition coefficient (Wildman–Crippen LogP) is 2.41. The summed E-state index contributed by atoms with van der Waals surface area (Å²) >= 11 is 0. The van der Waals surface area contributed by atoms with Crippen LogP contribution in [0.1, 0.15) is 11.1 Å². The highest BCUT2D eigenvalue weighted by molar-refractivity contribution is 6.10. The van der Waals surface area contributed by atoms with Crippen molar-refractivity contribution >= 4 is 23.6 Å². The standard InChI is InChI=1S/C26H22N2O4/c29-23-19-17-11-12-18(20(19)24(30)27(23)13-15-7-3-1-4-8-15)22-21(17)25(31)28(26(22)32)14-16-9-5-2-6-10-16/h1-12,17-22H,13-14H2. The lowest BCUT2D eigenvalue weighted by Crippen LogP contribution is -2.50. The average molecular weight is 426 g/mol. The van der Waals surface area contributed by atoms with Crippen molar-refractivity contribution in [3.8, 4) is 0 Å². The molecule has 1 saturated carbocycles. The van der Waals surface area contributed by atoms with Crippen LogP contribution in [0, 0.1) is 35.5 Å². The van der Waals surface area contributed by atoms with Gasteiger partial charge < -0.3 is 0 Å². The number of hydrogen-bond donors (Lipinski definition) is 0. The van der Waals surface area contributed by atoms with Crippen LogP contribution >= 0.6 is 0 Å². The van der Waals surface area contributed by atoms with Crippen LogP contribution in [0.15, 0.2) is 72.8 Å². The Bertz CT molecular complexity index is 1020. The molecule has 2 aromatic carbocycles. The van der Waals surface area contributed by atoms with Gasteiger partial charge in [-0.15, -0.1) is 0 Å². The van der Waals surface area contributed by atoms with Gasteiger partial charge in [0.25, 0.3) is 0 Å². The third-order valence-electron chi connectivity index (χ3n) is 7.56. The molecule has 6 nitrogen and oxygen atoms in total. The molecule has 2 bridgehead atoms. The first kappa shape index (κ1) is 19.2. The zero-order valence-electron chi connectivity index (χ0n) is 17.3. The minimum Gasteiger partial charge on any atom is -0.278 e. The predicted molar refractivity (Wildman–Crippen MR) is 114 cm³/mol. The van der Waals surface area contributed by atoms with Gasteiger partial charge in [0.15, 0.2) is 0 Å². The molecule has 0 spiro atoms. The zero-order valence-corrected chi connectivity index (χ0v) is 17.3. The molecule has 2 aromatic rings. The van der Waals surface area contributed by atoms with Crippen LogP contribution in [0.25, 0.3) is 0 Å². The Morgan fingerprint density at radius 3 is 1.12 bits per heavy atom. The summed E-state index contributed by atoms with van der Waals surface area (Å²) in [7, 11) is 0. The lowest BCUT2D eigenvalue weighted by molar-refractivity contribution is -0.140. The molecule has 32 heavy (non-hydrogen) atoms. The number of benzene rings is 2. The molecule has 5 aliphatic rings. The van der Waals surface area contributed by atoms with Crippen LogP contribution in [-0.4, -0.2) is 33.4 Å². The van der Waals surface area contributed by atoms with E-state index in [0.29, 0.717) is 0 Å². The molecule has 3 aliphatic carbocycles. The highest BCUT2D eigenvalue weighted by Gasteiger charge is 2.68. The minimum atomic E-state index is -0.559. The van der Waals surface area contributed by atoms with Gasteiger partial charge in [-0.25, -0.2) is 0 Å². The van der Waals surface area contributed by atoms with E-state index >= 15 is 0 Å². The summed E-state index contributed by atoms with van der Waals surface area (Å²) in [6, 6.07) is 18.8. The summed E-state index contributed by atoms with van der Waals surface area (Å²) < 4.78 is 0. The lowest BCUT2D eigenvalue weighted by Gasteiger charge is -2.44. The first-order chi connectivity index (χ1) is 15.6. The summed E-state index contributed by atoms with van der Waals surface area (Å²) in [4.78, 5) is 56.1. The normalized spacial score (nSPS) is 32.6. The minimum absolute atomic E-state index is 0.219. The number of rotatable bonds is 4. The van der Waals surface area contributed by atoms with Crippen molar-refractivity contribution in [2.45, 2.75) is 13.1 Å². The summed E-state index contributed by atoms with van der Waals surface area (Å²) in [5, 5.41) is 0. The smallest absolute Gasteiger partial charge is 0.234 e. The number of likely N-dealkylation sites (tertiary alicyclic amines) is 2. The van der Waals surface area contributed by atoms with E-state index in [1.54, 1.807) is 0 Å². The number of carbonyl (C=O) groups excluding carboxylic acids is 4. The van der Waals surface area contributed by atoms with Crippen LogP contribution in [0.4, 0.5) is 0 Å². The van der Waals surface area contributed by atoms with E-state index in [9.17, 15) is 19.2 Å². The van der Waals surface area contributed by atoms with E-state index in [0.717, 1.165) is 11.1 Å². The second-order valence-corrected chi connectivity index (χ2v) is 9.14. The van der Waals surface area contributed by atoms with E-state index in [4.69, 9.17) is 0 Å². The number of allylic oxidation sites excluding steroid dienone is 2. The third-order valence-corrected chi connectivity index (χ3v) is 7.56. The Labute approximate surface area is 185 Å². The number of hydrogen-bond acceptors (Lipinski definition) is 4. The van der Waals surface area contributed by atoms with E-state index in [-0.39, 0.29) is 36.7 Å². The summed E-state index contributed by atoms with van der Waals surface area (Å²) in [5.41, 5.74) is 1.77. The zero-order chi connectivity index (χ0) is 22.0. The maximum atomic E-state index is 13.4. The summed E-state index contributed by atoms with van der Waals surface area (Å²) in [5.74, 6) is -3.94. The maximum absolute atomic E-state index is 13.4. The van der Waals surface area contributed by atoms with Crippen LogP contribution in [0.5, 0.6) is 0 Å². The Hall–Kier alpha value is -3.54. The molecule has 2 aliphatic heterocycles. The molecule has 2 saturated heterocycles. The van der Waals surface area contributed by atoms with Crippen molar-refractivity contribution in [1.82, 2.24) is 9.80 Å². The van der Waals surface area contributed by atoms with E-state index < -0.39 is 35.5 Å². The average Bonchev–Trinajstić information content (AvgIpc) is 3.24. The molecule has 0 N–H and O–H groups in total. The van der Waals surface area contributed by atoms with Gasteiger partial charge in [-0.2, -0.15) is 0 Å². The number of amides is 4. The van der Waals surface area contributed by atoms with E-state index in [1.807, 2.05) is 72.8 Å². The van der Waals surface area contributed by atoms with Crippen molar-refractivity contribution in [3.63, 3.8) is 0 Å². The van der Waals surface area contributed by atoms with Crippen molar-refractivity contribution in [2.24, 2.45) is 35.5 Å². The molecule has 160 valence electrons. The van der Waals surface area contributed by atoms with Crippen molar-refractivity contribution in [2.75, 3.05) is 0 Å². The van der Waals surface area contributed by atoms with Gasteiger partial charge >= 0.3 is 0 Å². The second kappa shape index (κ2) is 6.99. The van der Waals surface area contributed by atoms with Crippen LogP contribution in [0.3, 0.4) is 0 Å². The van der Waals surface area contributed by atoms with Gasteiger partial charge in [0.05, 0.1) is 36.8 Å². The van der Waals surface area contributed by atoms with Crippen LogP contribution < -0.4 is 0 Å². The number of carbonyl (C=O) groups is 4. The molecule has 4 unspecified atom stereocenters. The molecular weight excluding hydrogens is 404 g/mol. The van der Waals surface area contributed by atoms with Crippen LogP contribution in [-0.2, 0) is 32.3 Å². The Balaban J connectivity index is 1.31. The molecule has 7 rings (SSSR count). The van der Waals surface area contributed by atoms with Crippen molar-refractivity contribution in [1.29, 1.82) is 0 Å². The molecular formula is C26H22N2O4. The fourth-order valence-corrected chi connectivity index (χ4v) is 6.19. The fraction of sp³-hybridized carbons (Fsp3) is 0.308. The third kappa shape index (κ3) is 2.58. The quantitative estimate of drug-likeness (QED) is 0.556. The van der Waals surface area contributed by atoms with E-state index in [1.165, 1.54) is 9.80 Å². The van der Waals surface area contributed by atoms with Gasteiger partial charge in [0.2, 0.25) is 23.6 Å². The Morgan fingerprint density at radius 1 is 0.500 bits per heavy atom. The highest BCUT2D eigenvalue weighted by Crippen LogP contribution is 2.58. The summed E-state index contributed by atoms with van der Waals surface area (Å²) in [6.07, 6.45) is 3.81. The Morgan fingerprint density at radius 2 is 0.812 bits per heavy atom. The van der Waals surface area contributed by atoms with Gasteiger partial charge in [0, 0.05) is 11.8 Å². The molecule has 4 atom stereocenters. The number of nitrogens with zero attached hydrogens (tertiary/aromatic N) is 2. The molecule has 6 heteroatoms. The molecule has 2 heterocycles. The SMILES string of the molecule is O=C1C2C3C=CC(C2C(=O)N1Cc1ccccc1)C1C(=O)N(Cc2ccccc2)C(=O)C31. The van der Waals surface area contributed by atoms with Crippen molar-refractivity contribution < 1.29 is 19.2 Å². The maximum Gasteiger partial charge on any atom is 0.234 e. The molecule has 0 radical (unpaired) electrons. The highest BCUT2D eigenvalue weighted by atomic mass is 16.2. The molecule has 3 fully saturated rings. The van der Waals surface area contributed by atoms with Crippen molar-refractivity contribution in [3.05, 3.63) is 83.9 Å². The first-order valence-corrected chi connectivity index (χ1v) is 11.0. The second-order valence-electron chi connectivity index (χ2n) is 9.14. The van der Waals surface area contributed by atoms with E-state index in [2.05, 4.69) is 0 Å². The fourth-order valence-electron chi connectivity index (χ4n) is 6.19. The van der Waals surface area contributed by atoms with Gasteiger partial charge in [-0.1, -0.05) is 72.8 Å². The monoisotopic (exact) mass is 426 g/mol. The van der Waals surface area contributed by atoms with Gasteiger partial charge in [-0.3, -0.25) is 29.0 Å². The summed E-state index contributed by atoms with van der Waals surface area (Å²) in [6.45, 7) is 0.449. The van der Waals surface area contributed by atoms with Gasteiger partial charge in [-0.05, 0) is 11.1 Å². The topological polar surface area (TPSA) is 74.8 Å². The first-order valence-electron chi connectivity index (χ1n) is 11.0. The molecule has 4 amide bonds. The largest absolute Gasteiger partial charge is 0.278 e.